The summed E-state index contributed by atoms with van der Waals surface area (Å²) in [6.45, 7) is 4.83. The third kappa shape index (κ3) is 9.03. The molecule has 0 radical (unpaired) electrons. The van der Waals surface area contributed by atoms with Crippen molar-refractivity contribution in [2.45, 2.75) is 6.92 Å². The molecule has 10 heavy (non-hydrogen) atoms. The molecule has 0 aliphatic heterocycles. The number of rotatable bonds is 2. The van der Waals surface area contributed by atoms with Crippen molar-refractivity contribution in [2.24, 2.45) is 0 Å². The molecule has 0 bridgehead atoms. The van der Waals surface area contributed by atoms with Crippen molar-refractivity contribution in [2.75, 3.05) is 0 Å². The average molecular weight is 188 g/mol. The first-order chi connectivity index (χ1) is 3.95. The molecule has 0 amide bonds. The van der Waals surface area contributed by atoms with Gasteiger partial charge in [0.1, 0.15) is 0 Å². The minimum atomic E-state index is -3.97. The van der Waals surface area contributed by atoms with Crippen molar-refractivity contribution in [1.29, 1.82) is 0 Å². The first-order valence-corrected chi connectivity index (χ1v) is 3.74. The van der Waals surface area contributed by atoms with Gasteiger partial charge in [0, 0.05) is 0 Å². The summed E-state index contributed by atoms with van der Waals surface area (Å²) < 4.78 is 28.2. The van der Waals surface area contributed by atoms with Gasteiger partial charge in [0.2, 0.25) is 0 Å². The molecule has 0 unspecified atom stereocenters. The third-order valence-electron chi connectivity index (χ3n) is 0.657. The molecule has 0 rings (SSSR count). The van der Waals surface area contributed by atoms with Crippen LogP contribution in [-0.2, 0) is 10.1 Å². The maximum atomic E-state index is 10.0. The van der Waals surface area contributed by atoms with Gasteiger partial charge in [-0.15, -0.1) is 0 Å². The second-order valence-electron chi connectivity index (χ2n) is 1.58. The Morgan fingerprint density at radius 3 is 2.10 bits per heavy atom. The van der Waals surface area contributed by atoms with Gasteiger partial charge in [-0.05, 0) is 12.5 Å². The Labute approximate surface area is 103 Å². The molecular weight excluding hydrogens is 179 g/mol. The van der Waals surface area contributed by atoms with Gasteiger partial charge in [0.05, 0.1) is 5.41 Å². The van der Waals surface area contributed by atoms with Crippen molar-refractivity contribution in [1.82, 2.24) is 0 Å². The summed E-state index contributed by atoms with van der Waals surface area (Å²) in [5.74, 6) is 0. The Hall–Kier alpha value is 1.03. The molecule has 54 valence electrons. The first-order valence-electron chi connectivity index (χ1n) is 2.24. The van der Waals surface area contributed by atoms with Crippen LogP contribution in [0.3, 0.4) is 0 Å². The van der Waals surface area contributed by atoms with Gasteiger partial charge in [0.25, 0.3) is 10.1 Å². The molecule has 0 saturated carbocycles. The zero-order chi connectivity index (χ0) is 7.49. The summed E-state index contributed by atoms with van der Waals surface area (Å²) in [6, 6.07) is 0. The molecule has 3 nitrogen and oxygen atoms in total. The van der Waals surface area contributed by atoms with Crippen LogP contribution in [0.15, 0.2) is 23.6 Å². The quantitative estimate of drug-likeness (QED) is 0.385. The molecule has 1 N–H and O–H groups in total. The van der Waals surface area contributed by atoms with E-state index < -0.39 is 10.1 Å². The summed E-state index contributed by atoms with van der Waals surface area (Å²) >= 11 is 0. The van der Waals surface area contributed by atoms with Gasteiger partial charge in [-0.25, -0.2) is 0 Å². The molecule has 0 aromatic carbocycles. The SMILES string of the molecule is C=C/C(C)=C/S(=O)(=O)O.[KH]. The predicted octanol–water partition coefficient (Wildman–Crippen LogP) is 0.315. The van der Waals surface area contributed by atoms with Crippen LogP contribution in [0.4, 0.5) is 0 Å². The molecule has 5 heteroatoms. The molecule has 0 aromatic heterocycles. The van der Waals surface area contributed by atoms with Crippen molar-refractivity contribution in [3.63, 3.8) is 0 Å². The zero-order valence-corrected chi connectivity index (χ0v) is 5.85. The van der Waals surface area contributed by atoms with E-state index in [4.69, 9.17) is 4.55 Å². The van der Waals surface area contributed by atoms with Gasteiger partial charge in [-0.1, -0.05) is 12.7 Å². The van der Waals surface area contributed by atoms with E-state index in [2.05, 4.69) is 6.58 Å². The van der Waals surface area contributed by atoms with Gasteiger partial charge in [-0.3, -0.25) is 4.55 Å². The molecule has 0 spiro atoms. The molecule has 0 saturated heterocycles. The second kappa shape index (κ2) is 5.65. The molecule has 0 fully saturated rings. The van der Waals surface area contributed by atoms with Crippen LogP contribution < -0.4 is 0 Å². The molecule has 0 atom stereocenters. The van der Waals surface area contributed by atoms with E-state index in [1.807, 2.05) is 0 Å². The molecule has 0 heterocycles. The monoisotopic (exact) mass is 188 g/mol. The van der Waals surface area contributed by atoms with Crippen LogP contribution in [0.2, 0.25) is 0 Å². The number of hydrogen-bond acceptors (Lipinski definition) is 2. The van der Waals surface area contributed by atoms with Gasteiger partial charge in [0.15, 0.2) is 0 Å². The normalized spacial score (nSPS) is 12.0. The molecule has 0 aliphatic rings. The molecule has 0 aromatic rings. The van der Waals surface area contributed by atoms with Gasteiger partial charge >= 0.3 is 51.4 Å². The fourth-order valence-corrected chi connectivity index (χ4v) is 0.849. The molecular formula is C5H9KO3S. The zero-order valence-electron chi connectivity index (χ0n) is 5.03. The van der Waals surface area contributed by atoms with Gasteiger partial charge in [-0.2, -0.15) is 8.42 Å². The van der Waals surface area contributed by atoms with Gasteiger partial charge < -0.3 is 0 Å². The van der Waals surface area contributed by atoms with Crippen LogP contribution in [0, 0.1) is 0 Å². The van der Waals surface area contributed by atoms with Crippen LogP contribution in [-0.4, -0.2) is 64.4 Å². The van der Waals surface area contributed by atoms with Crippen molar-refractivity contribution < 1.29 is 13.0 Å². The summed E-state index contributed by atoms with van der Waals surface area (Å²) in [6.07, 6.45) is 1.34. The fourth-order valence-electron chi connectivity index (χ4n) is 0.283. The Bertz CT molecular complexity index is 227. The summed E-state index contributed by atoms with van der Waals surface area (Å²) in [5.41, 5.74) is 0.414. The summed E-state index contributed by atoms with van der Waals surface area (Å²) in [5, 5.41) is 0.736. The van der Waals surface area contributed by atoms with E-state index >= 15 is 0 Å². The standard InChI is InChI=1S/C5H8O3S.K.H/c1-3-5(2)4-9(6,7)8;;/h3-4H,1H2,2H3,(H,6,7,8);;/b5-4+;;. The van der Waals surface area contributed by atoms with E-state index in [1.54, 1.807) is 0 Å². The van der Waals surface area contributed by atoms with Crippen LogP contribution in [0.5, 0.6) is 0 Å². The van der Waals surface area contributed by atoms with Crippen LogP contribution >= 0.6 is 0 Å². The topological polar surface area (TPSA) is 54.4 Å². The minimum absolute atomic E-state index is 0. The maximum absolute atomic E-state index is 10.0. The Kier molecular flexibility index (Phi) is 7.68. The number of hydrogen-bond donors (Lipinski definition) is 1. The molecule has 0 aliphatic carbocycles. The third-order valence-corrected chi connectivity index (χ3v) is 1.33. The Balaban J connectivity index is 0. The summed E-state index contributed by atoms with van der Waals surface area (Å²) in [7, 11) is -3.97. The predicted molar refractivity (Wildman–Crippen MR) is 42.7 cm³/mol. The Morgan fingerprint density at radius 1 is 1.60 bits per heavy atom. The average Bonchev–Trinajstić information content (AvgIpc) is 1.62. The van der Waals surface area contributed by atoms with E-state index in [1.165, 1.54) is 13.0 Å². The first kappa shape index (κ1) is 13.6. The fraction of sp³-hybridized carbons (Fsp3) is 0.200. The van der Waals surface area contributed by atoms with Crippen LogP contribution in [0.25, 0.3) is 0 Å². The van der Waals surface area contributed by atoms with E-state index in [0.29, 0.717) is 5.57 Å². The second-order valence-corrected chi connectivity index (χ2v) is 2.85. The van der Waals surface area contributed by atoms with E-state index in [0.717, 1.165) is 5.41 Å². The van der Waals surface area contributed by atoms with Crippen molar-refractivity contribution >= 4 is 61.5 Å². The number of allylic oxidation sites excluding steroid dienone is 2. The summed E-state index contributed by atoms with van der Waals surface area (Å²) in [4.78, 5) is 0. The Morgan fingerprint density at radius 2 is 2.00 bits per heavy atom. The van der Waals surface area contributed by atoms with Crippen molar-refractivity contribution in [3.05, 3.63) is 23.6 Å². The van der Waals surface area contributed by atoms with Crippen LogP contribution in [0.1, 0.15) is 6.92 Å². The van der Waals surface area contributed by atoms with E-state index in [9.17, 15) is 8.42 Å². The van der Waals surface area contributed by atoms with Crippen molar-refractivity contribution in [3.8, 4) is 0 Å². The van der Waals surface area contributed by atoms with E-state index in [-0.39, 0.29) is 51.4 Å².